The van der Waals surface area contributed by atoms with Crippen LogP contribution in [0.3, 0.4) is 0 Å². The Hall–Kier alpha value is -1.61. The number of nitrogens with two attached hydrogens (primary N) is 1. The standard InChI is InChI=1S/C16H19N3O2S.HI/c1-21-14-7-5-6-13(12-14)19-16(17)18-10-11-22(20)15-8-3-2-4-9-15;/h2-9,12H,10-11H2,1H3,(H3,17,18,19);1H. The summed E-state index contributed by atoms with van der Waals surface area (Å²) in [5, 5.41) is 2.98. The number of hydrogen-bond acceptors (Lipinski definition) is 3. The molecular weight excluding hydrogens is 425 g/mol. The fraction of sp³-hybridized carbons (Fsp3) is 0.188. The van der Waals surface area contributed by atoms with Gasteiger partial charge in [0, 0.05) is 22.4 Å². The van der Waals surface area contributed by atoms with Crippen LogP contribution >= 0.6 is 24.0 Å². The topological polar surface area (TPSA) is 76.7 Å². The van der Waals surface area contributed by atoms with Crippen molar-refractivity contribution in [2.75, 3.05) is 24.7 Å². The molecule has 0 heterocycles. The highest BCUT2D eigenvalue weighted by Crippen LogP contribution is 2.16. The van der Waals surface area contributed by atoms with Gasteiger partial charge in [-0.15, -0.1) is 24.0 Å². The van der Waals surface area contributed by atoms with Crippen LogP contribution in [-0.4, -0.2) is 29.6 Å². The molecule has 2 aromatic carbocycles. The van der Waals surface area contributed by atoms with Gasteiger partial charge in [-0.1, -0.05) is 24.3 Å². The third-order valence-corrected chi connectivity index (χ3v) is 4.26. The van der Waals surface area contributed by atoms with Crippen LogP contribution < -0.4 is 15.8 Å². The van der Waals surface area contributed by atoms with E-state index in [9.17, 15) is 4.21 Å². The maximum atomic E-state index is 12.0. The van der Waals surface area contributed by atoms with Crippen molar-refractivity contribution in [1.82, 2.24) is 0 Å². The van der Waals surface area contributed by atoms with E-state index in [4.69, 9.17) is 10.5 Å². The normalized spacial score (nSPS) is 12.1. The molecule has 23 heavy (non-hydrogen) atoms. The minimum Gasteiger partial charge on any atom is -0.497 e. The van der Waals surface area contributed by atoms with E-state index in [1.165, 1.54) is 0 Å². The van der Waals surface area contributed by atoms with E-state index in [1.807, 2.05) is 54.6 Å². The first-order chi connectivity index (χ1) is 10.7. The molecule has 0 bridgehead atoms. The zero-order valence-corrected chi connectivity index (χ0v) is 15.9. The Morgan fingerprint density at radius 2 is 1.96 bits per heavy atom. The molecule has 5 nitrogen and oxygen atoms in total. The van der Waals surface area contributed by atoms with E-state index in [2.05, 4.69) is 10.3 Å². The quantitative estimate of drug-likeness (QED) is 0.408. The maximum absolute atomic E-state index is 12.0. The van der Waals surface area contributed by atoms with Crippen molar-refractivity contribution < 1.29 is 8.95 Å². The number of rotatable bonds is 6. The van der Waals surface area contributed by atoms with Gasteiger partial charge in [-0.3, -0.25) is 9.20 Å². The number of nitrogens with one attached hydrogen (secondary N) is 1. The number of halogens is 1. The van der Waals surface area contributed by atoms with E-state index >= 15 is 0 Å². The summed E-state index contributed by atoms with van der Waals surface area (Å²) in [5.41, 5.74) is 6.62. The molecule has 1 unspecified atom stereocenters. The smallest absolute Gasteiger partial charge is 0.193 e. The van der Waals surface area contributed by atoms with E-state index < -0.39 is 10.8 Å². The molecule has 7 heteroatoms. The zero-order valence-electron chi connectivity index (χ0n) is 12.8. The molecular formula is C16H20IN3O2S. The number of methoxy groups -OCH3 is 1. The molecule has 0 fully saturated rings. The summed E-state index contributed by atoms with van der Waals surface area (Å²) < 4.78 is 17.2. The average molecular weight is 445 g/mol. The van der Waals surface area contributed by atoms with Crippen LogP contribution in [0.15, 0.2) is 64.5 Å². The van der Waals surface area contributed by atoms with Gasteiger partial charge in [0.2, 0.25) is 0 Å². The first-order valence-electron chi connectivity index (χ1n) is 6.83. The van der Waals surface area contributed by atoms with Crippen molar-refractivity contribution in [3.05, 3.63) is 54.6 Å². The molecule has 0 radical (unpaired) electrons. The molecule has 124 valence electrons. The number of aliphatic imine (C=N–C) groups is 1. The van der Waals surface area contributed by atoms with Gasteiger partial charge in [-0.05, 0) is 24.3 Å². The first kappa shape index (κ1) is 19.4. The molecule has 0 spiro atoms. The third-order valence-electron chi connectivity index (χ3n) is 2.91. The van der Waals surface area contributed by atoms with Crippen LogP contribution in [0.1, 0.15) is 0 Å². The summed E-state index contributed by atoms with van der Waals surface area (Å²) in [6, 6.07) is 16.7. The third kappa shape index (κ3) is 6.57. The van der Waals surface area contributed by atoms with E-state index in [1.54, 1.807) is 7.11 Å². The van der Waals surface area contributed by atoms with Gasteiger partial charge in [-0.2, -0.15) is 0 Å². The number of benzene rings is 2. The van der Waals surface area contributed by atoms with Gasteiger partial charge in [0.1, 0.15) is 5.75 Å². The molecule has 0 aliphatic rings. The SMILES string of the molecule is COc1cccc(NC(N)=NCCS(=O)c2ccccc2)c1.I. The van der Waals surface area contributed by atoms with Crippen molar-refractivity contribution in [3.63, 3.8) is 0 Å². The lowest BCUT2D eigenvalue weighted by atomic mass is 10.3. The summed E-state index contributed by atoms with van der Waals surface area (Å²) in [4.78, 5) is 4.99. The second-order valence-corrected chi connectivity index (χ2v) is 6.06. The van der Waals surface area contributed by atoms with E-state index in [0.29, 0.717) is 18.3 Å². The highest BCUT2D eigenvalue weighted by molar-refractivity contribution is 14.0. The largest absolute Gasteiger partial charge is 0.497 e. The van der Waals surface area contributed by atoms with Crippen molar-refractivity contribution >= 4 is 46.4 Å². The monoisotopic (exact) mass is 445 g/mol. The van der Waals surface area contributed by atoms with Crippen LogP contribution in [0.25, 0.3) is 0 Å². The fourth-order valence-corrected chi connectivity index (χ4v) is 2.78. The molecule has 0 aliphatic heterocycles. The lowest BCUT2D eigenvalue weighted by Crippen LogP contribution is -2.23. The molecule has 0 saturated heterocycles. The highest BCUT2D eigenvalue weighted by atomic mass is 127. The average Bonchev–Trinajstić information content (AvgIpc) is 2.55. The number of nitrogens with zero attached hydrogens (tertiary/aromatic N) is 1. The Labute approximate surface area is 155 Å². The summed E-state index contributed by atoms with van der Waals surface area (Å²) in [5.74, 6) is 1.46. The molecule has 0 aliphatic carbocycles. The van der Waals surface area contributed by atoms with Gasteiger partial charge in [-0.25, -0.2) is 0 Å². The Kier molecular flexibility index (Phi) is 8.64. The summed E-state index contributed by atoms with van der Waals surface area (Å²) in [7, 11) is 0.545. The summed E-state index contributed by atoms with van der Waals surface area (Å²) >= 11 is 0. The molecule has 0 amide bonds. The second-order valence-electron chi connectivity index (χ2n) is 4.49. The van der Waals surface area contributed by atoms with Crippen LogP contribution in [-0.2, 0) is 10.8 Å². The van der Waals surface area contributed by atoms with Gasteiger partial charge < -0.3 is 15.8 Å². The van der Waals surface area contributed by atoms with Crippen molar-refractivity contribution in [3.8, 4) is 5.75 Å². The Morgan fingerprint density at radius 3 is 2.65 bits per heavy atom. The van der Waals surface area contributed by atoms with Gasteiger partial charge >= 0.3 is 0 Å². The van der Waals surface area contributed by atoms with Crippen LogP contribution in [0.2, 0.25) is 0 Å². The molecule has 1 atom stereocenters. The van der Waals surface area contributed by atoms with Crippen molar-refractivity contribution in [2.45, 2.75) is 4.90 Å². The predicted octanol–water partition coefficient (Wildman–Crippen LogP) is 2.85. The minimum atomic E-state index is -1.06. The fourth-order valence-electron chi connectivity index (χ4n) is 1.83. The maximum Gasteiger partial charge on any atom is 0.193 e. The lowest BCUT2D eigenvalue weighted by Gasteiger charge is -2.07. The Bertz CT molecular complexity index is 665. The number of anilines is 1. The second kappa shape index (κ2) is 10.2. The Balaban J connectivity index is 0.00000264. The lowest BCUT2D eigenvalue weighted by molar-refractivity contribution is 0.415. The van der Waals surface area contributed by atoms with Crippen molar-refractivity contribution in [1.29, 1.82) is 0 Å². The molecule has 0 saturated carbocycles. The highest BCUT2D eigenvalue weighted by Gasteiger charge is 2.02. The van der Waals surface area contributed by atoms with E-state index in [0.717, 1.165) is 16.3 Å². The number of guanidine groups is 1. The van der Waals surface area contributed by atoms with E-state index in [-0.39, 0.29) is 24.0 Å². The predicted molar refractivity (Wildman–Crippen MR) is 106 cm³/mol. The summed E-state index contributed by atoms with van der Waals surface area (Å²) in [6.07, 6.45) is 0. The van der Waals surface area contributed by atoms with Gasteiger partial charge in [0.15, 0.2) is 5.96 Å². The molecule has 2 aromatic rings. The number of hydrogen-bond donors (Lipinski definition) is 2. The molecule has 2 rings (SSSR count). The molecule has 0 aromatic heterocycles. The minimum absolute atomic E-state index is 0. The first-order valence-corrected chi connectivity index (χ1v) is 8.15. The van der Waals surface area contributed by atoms with Gasteiger partial charge in [0.25, 0.3) is 0 Å². The Morgan fingerprint density at radius 1 is 1.22 bits per heavy atom. The van der Waals surface area contributed by atoms with Crippen LogP contribution in [0, 0.1) is 0 Å². The number of ether oxygens (including phenoxy) is 1. The summed E-state index contributed by atoms with van der Waals surface area (Å²) in [6.45, 7) is 0.393. The van der Waals surface area contributed by atoms with Crippen LogP contribution in [0.4, 0.5) is 5.69 Å². The zero-order chi connectivity index (χ0) is 15.8. The van der Waals surface area contributed by atoms with Crippen molar-refractivity contribution in [2.24, 2.45) is 10.7 Å². The molecule has 3 N–H and O–H groups in total. The van der Waals surface area contributed by atoms with Crippen LogP contribution in [0.5, 0.6) is 5.75 Å². The van der Waals surface area contributed by atoms with Gasteiger partial charge in [0.05, 0.1) is 24.5 Å².